The SMILES string of the molecule is COc1ccc(-c2c(-c3ccc(F)cc3)nc(N)c3nccn23)cn1.Nc1nc(-c2ccc(F)cc2)c(-c2ccc(=O)[nH]c2)n2ccnc12. The number of ether oxygens (including phenoxy) is 1. The lowest BCUT2D eigenvalue weighted by atomic mass is 10.0. The molecule has 0 unspecified atom stereocenters. The number of hydrogen-bond donors (Lipinski definition) is 3. The van der Waals surface area contributed by atoms with Crippen LogP contribution in [0.5, 0.6) is 5.88 Å². The Balaban J connectivity index is 0.000000154. The number of methoxy groups -OCH3 is 1. The van der Waals surface area contributed by atoms with E-state index in [1.807, 2.05) is 10.5 Å². The van der Waals surface area contributed by atoms with Crippen LogP contribution >= 0.6 is 0 Å². The molecule has 0 atom stereocenters. The van der Waals surface area contributed by atoms with Gasteiger partial charge in [0.2, 0.25) is 11.4 Å². The predicted molar refractivity (Wildman–Crippen MR) is 181 cm³/mol. The van der Waals surface area contributed by atoms with Gasteiger partial charge in [-0.25, -0.2) is 33.7 Å². The maximum Gasteiger partial charge on any atom is 0.247 e. The molecule has 0 amide bonds. The van der Waals surface area contributed by atoms with Crippen LogP contribution in [-0.2, 0) is 0 Å². The molecule has 12 nitrogen and oxygen atoms in total. The van der Waals surface area contributed by atoms with E-state index in [1.165, 1.54) is 30.3 Å². The van der Waals surface area contributed by atoms with E-state index < -0.39 is 0 Å². The molecule has 6 aromatic heterocycles. The van der Waals surface area contributed by atoms with Crippen LogP contribution in [0.2, 0.25) is 0 Å². The number of nitrogen functional groups attached to an aromatic ring is 2. The number of aromatic nitrogens is 8. The molecule has 0 saturated heterocycles. The number of fused-ring (bicyclic) bond motifs is 2. The first-order valence-electron chi connectivity index (χ1n) is 14.8. The molecule has 0 aliphatic rings. The van der Waals surface area contributed by atoms with Crippen molar-refractivity contribution in [3.05, 3.63) is 132 Å². The summed E-state index contributed by atoms with van der Waals surface area (Å²) in [4.78, 5) is 35.7. The van der Waals surface area contributed by atoms with E-state index in [0.717, 1.165) is 22.4 Å². The summed E-state index contributed by atoms with van der Waals surface area (Å²) in [7, 11) is 1.56. The lowest BCUT2D eigenvalue weighted by molar-refractivity contribution is 0.398. The fourth-order valence-electron chi connectivity index (χ4n) is 5.39. The highest BCUT2D eigenvalue weighted by Crippen LogP contribution is 2.34. The van der Waals surface area contributed by atoms with Gasteiger partial charge in [0.25, 0.3) is 0 Å². The van der Waals surface area contributed by atoms with Crippen molar-refractivity contribution in [2.24, 2.45) is 0 Å². The third-order valence-electron chi connectivity index (χ3n) is 7.65. The van der Waals surface area contributed by atoms with Gasteiger partial charge in [-0.05, 0) is 60.7 Å². The normalized spacial score (nSPS) is 11.0. The van der Waals surface area contributed by atoms with Gasteiger partial charge in [-0.3, -0.25) is 13.6 Å². The smallest absolute Gasteiger partial charge is 0.247 e. The zero-order valence-electron chi connectivity index (χ0n) is 25.7. The van der Waals surface area contributed by atoms with Gasteiger partial charge in [-0.1, -0.05) is 0 Å². The van der Waals surface area contributed by atoms with E-state index in [0.29, 0.717) is 45.6 Å². The molecule has 0 fully saturated rings. The Morgan fingerprint density at radius 2 is 1.14 bits per heavy atom. The van der Waals surface area contributed by atoms with Crippen LogP contribution in [0.25, 0.3) is 56.3 Å². The first-order valence-corrected chi connectivity index (χ1v) is 14.8. The van der Waals surface area contributed by atoms with Gasteiger partial charge in [-0.15, -0.1) is 0 Å². The van der Waals surface area contributed by atoms with Gasteiger partial charge < -0.3 is 21.2 Å². The number of nitrogens with one attached hydrogen (secondary N) is 1. The number of pyridine rings is 2. The Morgan fingerprint density at radius 3 is 1.59 bits per heavy atom. The highest BCUT2D eigenvalue weighted by atomic mass is 19.1. The fraction of sp³-hybridized carbons (Fsp3) is 0.0286. The first kappa shape index (κ1) is 30.7. The van der Waals surface area contributed by atoms with E-state index in [2.05, 4.69) is 29.9 Å². The highest BCUT2D eigenvalue weighted by molar-refractivity contribution is 5.84. The minimum Gasteiger partial charge on any atom is -0.481 e. The number of rotatable bonds is 5. The number of nitrogens with two attached hydrogens (primary N) is 2. The maximum atomic E-state index is 13.3. The minimum atomic E-state index is -0.332. The number of hydrogen-bond acceptors (Lipinski definition) is 9. The summed E-state index contributed by atoms with van der Waals surface area (Å²) in [6.45, 7) is 0. The second-order valence-corrected chi connectivity index (χ2v) is 10.7. The topological polar surface area (TPSA) is 167 Å². The minimum absolute atomic E-state index is 0.202. The molecule has 0 aliphatic heterocycles. The van der Waals surface area contributed by atoms with Crippen LogP contribution in [0.4, 0.5) is 20.4 Å². The van der Waals surface area contributed by atoms with Crippen molar-refractivity contribution in [2.45, 2.75) is 0 Å². The summed E-state index contributed by atoms with van der Waals surface area (Å²) in [5.74, 6) is 0.438. The molecule has 242 valence electrons. The number of nitrogens with zero attached hydrogens (tertiary/aromatic N) is 7. The van der Waals surface area contributed by atoms with Crippen LogP contribution in [0, 0.1) is 11.6 Å². The summed E-state index contributed by atoms with van der Waals surface area (Å²) in [5.41, 5.74) is 18.6. The fourth-order valence-corrected chi connectivity index (χ4v) is 5.39. The largest absolute Gasteiger partial charge is 0.481 e. The molecule has 0 bridgehead atoms. The van der Waals surface area contributed by atoms with Gasteiger partial charge in [0, 0.05) is 71.6 Å². The lowest BCUT2D eigenvalue weighted by Crippen LogP contribution is -2.06. The summed E-state index contributed by atoms with van der Waals surface area (Å²) in [6.07, 6.45) is 10.1. The van der Waals surface area contributed by atoms with Crippen LogP contribution in [-0.4, -0.2) is 45.8 Å². The predicted octanol–water partition coefficient (Wildman–Crippen LogP) is 5.66. The molecule has 49 heavy (non-hydrogen) atoms. The van der Waals surface area contributed by atoms with E-state index in [9.17, 15) is 13.6 Å². The second kappa shape index (κ2) is 12.7. The standard InChI is InChI=1S/C18H14FN5O.C17H12FN5O/c1-25-14-7-4-12(10-22-14)16-15(11-2-5-13(19)6-3-11)23-17(20)18-21-8-9-24(16)18;18-12-4-1-10(2-5-12)14-15(11-3-6-13(24)21-9-11)23-8-7-20-17(23)16(19)22-14/h2-10H,1H3,(H2,20,23);1-9H,(H2,19,22)(H,21,24). The monoisotopic (exact) mass is 656 g/mol. The number of H-pyrrole nitrogens is 1. The van der Waals surface area contributed by atoms with Crippen LogP contribution in [0.1, 0.15) is 0 Å². The van der Waals surface area contributed by atoms with E-state index in [-0.39, 0.29) is 23.0 Å². The van der Waals surface area contributed by atoms with Crippen molar-refractivity contribution in [3.8, 4) is 50.9 Å². The number of anilines is 2. The molecule has 0 aliphatic carbocycles. The van der Waals surface area contributed by atoms with Crippen molar-refractivity contribution in [2.75, 3.05) is 18.6 Å². The molecule has 6 heterocycles. The van der Waals surface area contributed by atoms with Gasteiger partial charge in [-0.2, -0.15) is 0 Å². The van der Waals surface area contributed by atoms with Gasteiger partial charge in [0.1, 0.15) is 11.6 Å². The summed E-state index contributed by atoms with van der Waals surface area (Å²) in [5, 5.41) is 0. The van der Waals surface area contributed by atoms with Crippen LogP contribution in [0.15, 0.2) is 115 Å². The maximum absolute atomic E-state index is 13.3. The third kappa shape index (κ3) is 5.89. The van der Waals surface area contributed by atoms with Crippen molar-refractivity contribution < 1.29 is 13.5 Å². The average molecular weight is 657 g/mol. The molecule has 0 saturated carbocycles. The number of imidazole rings is 2. The van der Waals surface area contributed by atoms with Crippen molar-refractivity contribution >= 4 is 22.9 Å². The van der Waals surface area contributed by atoms with Gasteiger partial charge >= 0.3 is 0 Å². The molecule has 2 aromatic carbocycles. The van der Waals surface area contributed by atoms with E-state index in [1.54, 1.807) is 85.1 Å². The molecule has 8 rings (SSSR count). The van der Waals surface area contributed by atoms with E-state index in [4.69, 9.17) is 16.2 Å². The van der Waals surface area contributed by atoms with Crippen molar-refractivity contribution in [3.63, 3.8) is 0 Å². The molecule has 8 aromatic rings. The number of aromatic amines is 1. The van der Waals surface area contributed by atoms with Crippen LogP contribution < -0.4 is 21.8 Å². The zero-order chi connectivity index (χ0) is 34.1. The van der Waals surface area contributed by atoms with Gasteiger partial charge in [0.05, 0.1) is 29.9 Å². The molecule has 14 heteroatoms. The Bertz CT molecular complexity index is 2470. The zero-order valence-corrected chi connectivity index (χ0v) is 25.7. The number of benzene rings is 2. The first-order chi connectivity index (χ1) is 23.8. The van der Waals surface area contributed by atoms with Crippen LogP contribution in [0.3, 0.4) is 0 Å². The van der Waals surface area contributed by atoms with Gasteiger partial charge in [0.15, 0.2) is 22.9 Å². The van der Waals surface area contributed by atoms with Crippen molar-refractivity contribution in [1.82, 2.24) is 38.7 Å². The molecule has 0 spiro atoms. The average Bonchev–Trinajstić information content (AvgIpc) is 3.82. The highest BCUT2D eigenvalue weighted by Gasteiger charge is 2.18. The molecular formula is C35H26F2N10O2. The summed E-state index contributed by atoms with van der Waals surface area (Å²) >= 11 is 0. The Morgan fingerprint density at radius 1 is 0.653 bits per heavy atom. The Labute approximate surface area is 276 Å². The molecule has 5 N–H and O–H groups in total. The quantitative estimate of drug-likeness (QED) is 0.212. The Kier molecular flexibility index (Phi) is 7.94. The van der Waals surface area contributed by atoms with Crippen molar-refractivity contribution in [1.29, 1.82) is 0 Å². The summed E-state index contributed by atoms with van der Waals surface area (Å²) < 4.78 is 35.3. The number of halogens is 2. The third-order valence-corrected chi connectivity index (χ3v) is 7.65. The summed E-state index contributed by atoms with van der Waals surface area (Å²) in [6, 6.07) is 18.9. The second-order valence-electron chi connectivity index (χ2n) is 10.7. The van der Waals surface area contributed by atoms with E-state index >= 15 is 0 Å². The lowest BCUT2D eigenvalue weighted by Gasteiger charge is -2.13. The molecule has 0 radical (unpaired) electrons. The molecular weight excluding hydrogens is 630 g/mol. The Hall–Kier alpha value is -6.96.